The summed E-state index contributed by atoms with van der Waals surface area (Å²) in [5, 5.41) is 0. The van der Waals surface area contributed by atoms with E-state index in [2.05, 4.69) is 51.0 Å². The predicted octanol–water partition coefficient (Wildman–Crippen LogP) is 4.04. The summed E-state index contributed by atoms with van der Waals surface area (Å²) in [6, 6.07) is 16.8. The summed E-state index contributed by atoms with van der Waals surface area (Å²) in [5.74, 6) is 0.899. The van der Waals surface area contributed by atoms with Crippen molar-refractivity contribution >= 4 is 5.82 Å². The van der Waals surface area contributed by atoms with Crippen molar-refractivity contribution < 1.29 is 9.13 Å². The predicted molar refractivity (Wildman–Crippen MR) is 107 cm³/mol. The zero-order valence-electron chi connectivity index (χ0n) is 15.9. The molecule has 0 spiro atoms. The zero-order chi connectivity index (χ0) is 19.3. The first-order valence-corrected chi connectivity index (χ1v) is 9.45. The standard InChI is InChI=1S/C22H23FN4O/c1-17-6-8-18(9-7-17)15-26-10-12-27(13-11-26)21-14-22(25-16-24-21)28-20-5-3-2-4-19(20)23/h2-9,14,16H,10-13,15H2,1H3. The van der Waals surface area contributed by atoms with Crippen LogP contribution in [0.1, 0.15) is 11.1 Å². The van der Waals surface area contributed by atoms with Gasteiger partial charge in [0.15, 0.2) is 11.6 Å². The van der Waals surface area contributed by atoms with Crippen molar-refractivity contribution in [2.24, 2.45) is 0 Å². The van der Waals surface area contributed by atoms with E-state index in [1.165, 1.54) is 23.5 Å². The molecule has 0 aliphatic carbocycles. The third-order valence-corrected chi connectivity index (χ3v) is 4.90. The molecular formula is C22H23FN4O. The molecule has 0 amide bonds. The van der Waals surface area contributed by atoms with E-state index in [1.54, 1.807) is 24.3 Å². The Kier molecular flexibility index (Phi) is 5.48. The molecule has 144 valence electrons. The molecule has 6 heteroatoms. The second kappa shape index (κ2) is 8.35. The van der Waals surface area contributed by atoms with Crippen LogP contribution in [0, 0.1) is 12.7 Å². The van der Waals surface area contributed by atoms with Crippen LogP contribution in [0.4, 0.5) is 10.2 Å². The van der Waals surface area contributed by atoms with Crippen LogP contribution >= 0.6 is 0 Å². The van der Waals surface area contributed by atoms with E-state index in [0.717, 1.165) is 38.5 Å². The smallest absolute Gasteiger partial charge is 0.224 e. The summed E-state index contributed by atoms with van der Waals surface area (Å²) in [5.41, 5.74) is 2.62. The minimum atomic E-state index is -0.410. The number of piperazine rings is 1. The zero-order valence-corrected chi connectivity index (χ0v) is 15.9. The Hall–Kier alpha value is -2.99. The number of nitrogens with zero attached hydrogens (tertiary/aromatic N) is 4. The third-order valence-electron chi connectivity index (χ3n) is 4.90. The molecular weight excluding hydrogens is 355 g/mol. The van der Waals surface area contributed by atoms with Crippen molar-refractivity contribution in [2.75, 3.05) is 31.1 Å². The van der Waals surface area contributed by atoms with Gasteiger partial charge in [0, 0.05) is 38.8 Å². The lowest BCUT2D eigenvalue weighted by Gasteiger charge is -2.35. The molecule has 28 heavy (non-hydrogen) atoms. The fraction of sp³-hybridized carbons (Fsp3) is 0.273. The highest BCUT2D eigenvalue weighted by Crippen LogP contribution is 2.25. The molecule has 0 radical (unpaired) electrons. The topological polar surface area (TPSA) is 41.5 Å². The quantitative estimate of drug-likeness (QED) is 0.670. The molecule has 1 aromatic heterocycles. The summed E-state index contributed by atoms with van der Waals surface area (Å²) >= 11 is 0. The second-order valence-electron chi connectivity index (χ2n) is 7.00. The number of benzene rings is 2. The molecule has 0 bridgehead atoms. The van der Waals surface area contributed by atoms with E-state index in [4.69, 9.17) is 4.74 Å². The van der Waals surface area contributed by atoms with Gasteiger partial charge in [0.25, 0.3) is 0 Å². The number of ether oxygens (including phenoxy) is 1. The van der Waals surface area contributed by atoms with Gasteiger partial charge in [-0.25, -0.2) is 14.4 Å². The largest absolute Gasteiger partial charge is 0.436 e. The van der Waals surface area contributed by atoms with Crippen LogP contribution in [0.2, 0.25) is 0 Å². The van der Waals surface area contributed by atoms with Crippen LogP contribution < -0.4 is 9.64 Å². The number of rotatable bonds is 5. The van der Waals surface area contributed by atoms with Crippen molar-refractivity contribution in [3.8, 4) is 11.6 Å². The Balaban J connectivity index is 1.37. The van der Waals surface area contributed by atoms with Gasteiger partial charge >= 0.3 is 0 Å². The van der Waals surface area contributed by atoms with Gasteiger partial charge in [-0.3, -0.25) is 4.90 Å². The van der Waals surface area contributed by atoms with Crippen LogP contribution in [-0.4, -0.2) is 41.0 Å². The minimum Gasteiger partial charge on any atom is -0.436 e. The molecule has 1 saturated heterocycles. The summed E-state index contributed by atoms with van der Waals surface area (Å²) in [7, 11) is 0. The SMILES string of the molecule is Cc1ccc(CN2CCN(c3cc(Oc4ccccc4F)ncn3)CC2)cc1. The van der Waals surface area contributed by atoms with Gasteiger partial charge in [-0.2, -0.15) is 0 Å². The van der Waals surface area contributed by atoms with Crippen molar-refractivity contribution in [3.63, 3.8) is 0 Å². The first kappa shape index (κ1) is 18.4. The Morgan fingerprint density at radius 3 is 2.46 bits per heavy atom. The van der Waals surface area contributed by atoms with E-state index in [-0.39, 0.29) is 5.75 Å². The van der Waals surface area contributed by atoms with Crippen LogP contribution in [0.25, 0.3) is 0 Å². The highest BCUT2D eigenvalue weighted by Gasteiger charge is 2.19. The Morgan fingerprint density at radius 1 is 0.964 bits per heavy atom. The van der Waals surface area contributed by atoms with Gasteiger partial charge in [0.05, 0.1) is 0 Å². The lowest BCUT2D eigenvalue weighted by atomic mass is 10.1. The number of aromatic nitrogens is 2. The van der Waals surface area contributed by atoms with Crippen molar-refractivity contribution in [2.45, 2.75) is 13.5 Å². The maximum atomic E-state index is 13.8. The van der Waals surface area contributed by atoms with E-state index in [0.29, 0.717) is 5.88 Å². The molecule has 0 saturated carbocycles. The summed E-state index contributed by atoms with van der Waals surface area (Å²) < 4.78 is 19.4. The number of para-hydroxylation sites is 1. The molecule has 3 aromatic rings. The van der Waals surface area contributed by atoms with E-state index in [1.807, 2.05) is 0 Å². The molecule has 0 atom stereocenters. The second-order valence-corrected chi connectivity index (χ2v) is 7.00. The number of hydrogen-bond donors (Lipinski definition) is 0. The van der Waals surface area contributed by atoms with Gasteiger partial charge in [0.1, 0.15) is 12.1 Å². The maximum absolute atomic E-state index is 13.8. The Labute approximate surface area is 164 Å². The molecule has 1 aliphatic heterocycles. The monoisotopic (exact) mass is 378 g/mol. The number of aryl methyl sites for hydroxylation is 1. The fourth-order valence-electron chi connectivity index (χ4n) is 3.29. The van der Waals surface area contributed by atoms with Gasteiger partial charge in [-0.05, 0) is 24.6 Å². The van der Waals surface area contributed by atoms with Crippen molar-refractivity contribution in [1.29, 1.82) is 0 Å². The van der Waals surface area contributed by atoms with E-state index >= 15 is 0 Å². The van der Waals surface area contributed by atoms with Gasteiger partial charge < -0.3 is 9.64 Å². The molecule has 2 heterocycles. The van der Waals surface area contributed by atoms with Crippen LogP contribution in [0.15, 0.2) is 60.9 Å². The highest BCUT2D eigenvalue weighted by atomic mass is 19.1. The maximum Gasteiger partial charge on any atom is 0.224 e. The molecule has 1 aliphatic rings. The third kappa shape index (κ3) is 4.46. The van der Waals surface area contributed by atoms with E-state index < -0.39 is 5.82 Å². The van der Waals surface area contributed by atoms with Gasteiger partial charge in [-0.15, -0.1) is 0 Å². The molecule has 4 rings (SSSR count). The van der Waals surface area contributed by atoms with Gasteiger partial charge in [0.2, 0.25) is 5.88 Å². The Bertz CT molecular complexity index is 924. The average molecular weight is 378 g/mol. The number of hydrogen-bond acceptors (Lipinski definition) is 5. The summed E-state index contributed by atoms with van der Waals surface area (Å²) in [6.45, 7) is 6.74. The van der Waals surface area contributed by atoms with Crippen LogP contribution in [0.3, 0.4) is 0 Å². The van der Waals surface area contributed by atoms with Crippen molar-refractivity contribution in [1.82, 2.24) is 14.9 Å². The van der Waals surface area contributed by atoms with Crippen LogP contribution in [0.5, 0.6) is 11.6 Å². The molecule has 0 unspecified atom stereocenters. The van der Waals surface area contributed by atoms with Crippen LogP contribution in [-0.2, 0) is 6.54 Å². The lowest BCUT2D eigenvalue weighted by Crippen LogP contribution is -2.46. The lowest BCUT2D eigenvalue weighted by molar-refractivity contribution is 0.249. The molecule has 0 N–H and O–H groups in total. The number of halogens is 1. The molecule has 1 fully saturated rings. The average Bonchev–Trinajstić information content (AvgIpc) is 2.72. The molecule has 2 aromatic carbocycles. The van der Waals surface area contributed by atoms with Gasteiger partial charge in [-0.1, -0.05) is 42.0 Å². The summed E-state index contributed by atoms with van der Waals surface area (Å²) in [4.78, 5) is 13.1. The summed E-state index contributed by atoms with van der Waals surface area (Å²) in [6.07, 6.45) is 1.46. The van der Waals surface area contributed by atoms with Crippen molar-refractivity contribution in [3.05, 3.63) is 77.9 Å². The molecule has 5 nitrogen and oxygen atoms in total. The first-order chi connectivity index (χ1) is 13.7. The Morgan fingerprint density at radius 2 is 1.71 bits per heavy atom. The van der Waals surface area contributed by atoms with E-state index in [9.17, 15) is 4.39 Å². The number of anilines is 1. The normalized spacial score (nSPS) is 14.9. The highest BCUT2D eigenvalue weighted by molar-refractivity contribution is 5.42. The fourth-order valence-corrected chi connectivity index (χ4v) is 3.29. The first-order valence-electron chi connectivity index (χ1n) is 9.45. The minimum absolute atomic E-state index is 0.162.